The molecule has 0 N–H and O–H groups in total. The molecule has 2 aromatic heterocycles. The number of rotatable bonds is 7. The van der Waals surface area contributed by atoms with Crippen LogP contribution in [0.15, 0.2) is 212 Å². The Balaban J connectivity index is 0.974. The van der Waals surface area contributed by atoms with Crippen molar-refractivity contribution in [1.29, 1.82) is 0 Å². The molecule has 0 amide bonds. The maximum atomic E-state index is 2.44. The van der Waals surface area contributed by atoms with E-state index in [9.17, 15) is 0 Å². The summed E-state index contributed by atoms with van der Waals surface area (Å²) in [4.78, 5) is 0. The van der Waals surface area contributed by atoms with E-state index in [1.165, 1.54) is 110 Å². The lowest BCUT2D eigenvalue weighted by Gasteiger charge is -2.18. The Hall–Kier alpha value is -7.68. The zero-order valence-electron chi connectivity index (χ0n) is 34.9. The highest BCUT2D eigenvalue weighted by molar-refractivity contribution is 6.21. The van der Waals surface area contributed by atoms with Gasteiger partial charge in [-0.1, -0.05) is 166 Å². The molecule has 0 aliphatic rings. The van der Waals surface area contributed by atoms with E-state index in [2.05, 4.69) is 235 Å². The van der Waals surface area contributed by atoms with E-state index in [0.717, 1.165) is 12.1 Å². The largest absolute Gasteiger partial charge is 0.309 e. The third kappa shape index (κ3) is 5.64. The molecule has 2 heterocycles. The third-order valence-electron chi connectivity index (χ3n) is 13.4. The zero-order valence-corrected chi connectivity index (χ0v) is 34.9. The van der Waals surface area contributed by atoms with Crippen molar-refractivity contribution in [2.45, 2.75) is 26.2 Å². The lowest BCUT2D eigenvalue weighted by molar-refractivity contribution is 0.733. The Morgan fingerprint density at radius 2 is 0.742 bits per heavy atom. The second kappa shape index (κ2) is 14.5. The summed E-state index contributed by atoms with van der Waals surface area (Å²) < 4.78 is 4.87. The van der Waals surface area contributed by atoms with Crippen LogP contribution in [0, 0.1) is 0 Å². The van der Waals surface area contributed by atoms with E-state index >= 15 is 0 Å². The normalized spacial score (nSPS) is 12.4. The molecular formula is C60H44N2. The Kier molecular flexibility index (Phi) is 8.47. The van der Waals surface area contributed by atoms with Crippen molar-refractivity contribution >= 4 is 65.2 Å². The van der Waals surface area contributed by atoms with Crippen LogP contribution in [-0.2, 0) is 0 Å². The average Bonchev–Trinajstić information content (AvgIpc) is 3.85. The fourth-order valence-electron chi connectivity index (χ4n) is 10.2. The molecule has 1 atom stereocenters. The number of benzene rings is 10. The standard InChI is InChI=1S/C60H44N2/c1-3-39(2)42-18-15-19-46(36-42)62-56-27-14-12-21-48(56)54-38-44(31-35-58(54)62)43-30-34-57-53(37-43)47-20-11-13-26-55(47)61(57)45-32-28-41(29-33-45)60-51-24-9-7-22-49(51)59(40-16-5-4-6-17-40)50-23-8-10-25-52(50)60/h4-39H,3H2,1-2H3. The van der Waals surface area contributed by atoms with Gasteiger partial charge < -0.3 is 9.13 Å². The van der Waals surface area contributed by atoms with Crippen LogP contribution < -0.4 is 0 Å². The van der Waals surface area contributed by atoms with Gasteiger partial charge in [0, 0.05) is 32.9 Å². The fraction of sp³-hybridized carbons (Fsp3) is 0.0667. The molecule has 12 rings (SSSR count). The van der Waals surface area contributed by atoms with Gasteiger partial charge in [-0.3, -0.25) is 0 Å². The van der Waals surface area contributed by atoms with Crippen molar-refractivity contribution in [2.75, 3.05) is 0 Å². The minimum Gasteiger partial charge on any atom is -0.309 e. The van der Waals surface area contributed by atoms with Crippen LogP contribution >= 0.6 is 0 Å². The second-order valence-corrected chi connectivity index (χ2v) is 16.8. The molecule has 294 valence electrons. The topological polar surface area (TPSA) is 9.86 Å². The first-order valence-corrected chi connectivity index (χ1v) is 21.9. The van der Waals surface area contributed by atoms with Crippen molar-refractivity contribution in [2.24, 2.45) is 0 Å². The van der Waals surface area contributed by atoms with Gasteiger partial charge in [0.05, 0.1) is 22.1 Å². The van der Waals surface area contributed by atoms with Gasteiger partial charge in [0.15, 0.2) is 0 Å². The highest BCUT2D eigenvalue weighted by atomic mass is 15.0. The van der Waals surface area contributed by atoms with E-state index in [-0.39, 0.29) is 0 Å². The average molecular weight is 793 g/mol. The highest BCUT2D eigenvalue weighted by Crippen LogP contribution is 2.44. The van der Waals surface area contributed by atoms with Crippen molar-refractivity contribution in [3.63, 3.8) is 0 Å². The Labute approximate surface area is 361 Å². The van der Waals surface area contributed by atoms with Crippen LogP contribution in [0.2, 0.25) is 0 Å². The first-order valence-electron chi connectivity index (χ1n) is 21.9. The lowest BCUT2D eigenvalue weighted by atomic mass is 9.86. The van der Waals surface area contributed by atoms with E-state index in [4.69, 9.17) is 0 Å². The van der Waals surface area contributed by atoms with Crippen molar-refractivity contribution < 1.29 is 0 Å². The van der Waals surface area contributed by atoms with Gasteiger partial charge in [-0.2, -0.15) is 0 Å². The summed E-state index contributed by atoms with van der Waals surface area (Å²) in [6.07, 6.45) is 1.12. The van der Waals surface area contributed by atoms with Gasteiger partial charge in [0.1, 0.15) is 0 Å². The molecule has 0 saturated heterocycles. The summed E-state index contributed by atoms with van der Waals surface area (Å²) in [5.41, 5.74) is 16.0. The minimum absolute atomic E-state index is 0.514. The van der Waals surface area contributed by atoms with Gasteiger partial charge >= 0.3 is 0 Å². The quantitative estimate of drug-likeness (QED) is 0.142. The fourth-order valence-corrected chi connectivity index (χ4v) is 10.2. The monoisotopic (exact) mass is 792 g/mol. The van der Waals surface area contributed by atoms with Crippen LogP contribution in [0.1, 0.15) is 31.7 Å². The number of aromatic nitrogens is 2. The number of hydrogen-bond donors (Lipinski definition) is 0. The smallest absolute Gasteiger partial charge is 0.0541 e. The number of para-hydroxylation sites is 2. The maximum Gasteiger partial charge on any atom is 0.0541 e. The molecule has 1 unspecified atom stereocenters. The Bertz CT molecular complexity index is 3620. The molecule has 0 saturated carbocycles. The highest BCUT2D eigenvalue weighted by Gasteiger charge is 2.19. The number of hydrogen-bond acceptors (Lipinski definition) is 0. The second-order valence-electron chi connectivity index (χ2n) is 16.8. The molecule has 10 aromatic carbocycles. The molecule has 0 spiro atoms. The Morgan fingerprint density at radius 3 is 1.26 bits per heavy atom. The van der Waals surface area contributed by atoms with Crippen LogP contribution in [0.5, 0.6) is 0 Å². The van der Waals surface area contributed by atoms with Gasteiger partial charge in [0.25, 0.3) is 0 Å². The summed E-state index contributed by atoms with van der Waals surface area (Å²) in [5.74, 6) is 0.514. The third-order valence-corrected chi connectivity index (χ3v) is 13.4. The molecular weight excluding hydrogens is 749 g/mol. The molecule has 0 aliphatic carbocycles. The van der Waals surface area contributed by atoms with Gasteiger partial charge in [-0.15, -0.1) is 0 Å². The van der Waals surface area contributed by atoms with Crippen LogP contribution in [-0.4, -0.2) is 9.13 Å². The Morgan fingerprint density at radius 1 is 0.323 bits per heavy atom. The first kappa shape index (κ1) is 36.2. The summed E-state index contributed by atoms with van der Waals surface area (Å²) in [7, 11) is 0. The van der Waals surface area contributed by atoms with Gasteiger partial charge in [-0.25, -0.2) is 0 Å². The molecule has 2 nitrogen and oxygen atoms in total. The van der Waals surface area contributed by atoms with E-state index in [1.807, 2.05) is 0 Å². The SMILES string of the molecule is CCC(C)c1cccc(-n2c3ccccc3c3cc(-c4ccc5c(c4)c4ccccc4n5-c4ccc(-c5c6ccccc6c(-c6ccccc6)c6ccccc56)cc4)ccc32)c1. The summed E-state index contributed by atoms with van der Waals surface area (Å²) >= 11 is 0. The van der Waals surface area contributed by atoms with Gasteiger partial charge in [0.2, 0.25) is 0 Å². The molecule has 2 heteroatoms. The number of fused-ring (bicyclic) bond motifs is 8. The van der Waals surface area contributed by atoms with E-state index in [1.54, 1.807) is 0 Å². The number of nitrogens with zero attached hydrogens (tertiary/aromatic N) is 2. The predicted molar refractivity (Wildman–Crippen MR) is 265 cm³/mol. The predicted octanol–water partition coefficient (Wildman–Crippen LogP) is 16.7. The molecule has 0 fully saturated rings. The zero-order chi connectivity index (χ0) is 41.3. The maximum absolute atomic E-state index is 2.44. The molecule has 0 bridgehead atoms. The molecule has 12 aromatic rings. The van der Waals surface area contributed by atoms with Crippen LogP contribution in [0.4, 0.5) is 0 Å². The van der Waals surface area contributed by atoms with E-state index < -0.39 is 0 Å². The minimum atomic E-state index is 0.514. The molecule has 62 heavy (non-hydrogen) atoms. The van der Waals surface area contributed by atoms with Crippen molar-refractivity contribution in [3.05, 3.63) is 218 Å². The lowest BCUT2D eigenvalue weighted by Crippen LogP contribution is -1.97. The van der Waals surface area contributed by atoms with Crippen molar-refractivity contribution in [3.8, 4) is 44.8 Å². The summed E-state index contributed by atoms with van der Waals surface area (Å²) in [6, 6.07) is 78.6. The molecule has 0 radical (unpaired) electrons. The van der Waals surface area contributed by atoms with Crippen LogP contribution in [0.3, 0.4) is 0 Å². The van der Waals surface area contributed by atoms with E-state index in [0.29, 0.717) is 5.92 Å². The first-order chi connectivity index (χ1) is 30.6. The van der Waals surface area contributed by atoms with Gasteiger partial charge in [-0.05, 0) is 133 Å². The van der Waals surface area contributed by atoms with Crippen molar-refractivity contribution in [1.82, 2.24) is 9.13 Å². The van der Waals surface area contributed by atoms with Crippen LogP contribution in [0.25, 0.3) is 110 Å². The summed E-state index contributed by atoms with van der Waals surface area (Å²) in [5, 5.41) is 10.1. The summed E-state index contributed by atoms with van der Waals surface area (Å²) in [6.45, 7) is 4.58. The molecule has 0 aliphatic heterocycles.